The predicted molar refractivity (Wildman–Crippen MR) is 79.5 cm³/mol. The van der Waals surface area contributed by atoms with Gasteiger partial charge < -0.3 is 20.5 Å². The Kier molecular flexibility index (Phi) is 6.90. The van der Waals surface area contributed by atoms with Gasteiger partial charge in [-0.25, -0.2) is 0 Å². The highest BCUT2D eigenvalue weighted by molar-refractivity contribution is 6.30. The molecular weight excluding hydrogens is 280 g/mol. The van der Waals surface area contributed by atoms with E-state index in [-0.39, 0.29) is 12.5 Å². The quantitative estimate of drug-likeness (QED) is 0.714. The van der Waals surface area contributed by atoms with Gasteiger partial charge in [0.1, 0.15) is 0 Å². The second kappa shape index (κ2) is 8.45. The smallest absolute Gasteiger partial charge is 0.258 e. The molecule has 0 bridgehead atoms. The minimum absolute atomic E-state index is 0.108. The van der Waals surface area contributed by atoms with E-state index < -0.39 is 0 Å². The molecule has 0 fully saturated rings. The number of ether oxygens (including phenoxy) is 2. The van der Waals surface area contributed by atoms with Crippen LogP contribution in [0.15, 0.2) is 24.8 Å². The molecule has 0 saturated carbocycles. The summed E-state index contributed by atoms with van der Waals surface area (Å²) in [6, 6.07) is 3.40. The van der Waals surface area contributed by atoms with Crippen molar-refractivity contribution in [1.29, 1.82) is 0 Å². The first-order chi connectivity index (χ1) is 9.62. The van der Waals surface area contributed by atoms with Crippen LogP contribution in [0.5, 0.6) is 11.5 Å². The van der Waals surface area contributed by atoms with E-state index in [0.29, 0.717) is 36.0 Å². The molecule has 0 aliphatic carbocycles. The number of amides is 1. The van der Waals surface area contributed by atoms with E-state index in [1.165, 1.54) is 7.11 Å². The van der Waals surface area contributed by atoms with E-state index in [1.54, 1.807) is 18.2 Å². The number of carbonyl (C=O) groups excluding carboxylic acids is 1. The van der Waals surface area contributed by atoms with Crippen LogP contribution >= 0.6 is 11.6 Å². The minimum Gasteiger partial charge on any atom is -0.493 e. The van der Waals surface area contributed by atoms with Crippen LogP contribution in [-0.2, 0) is 11.2 Å². The molecule has 0 aliphatic rings. The zero-order chi connectivity index (χ0) is 15.0. The second-order valence-electron chi connectivity index (χ2n) is 4.02. The molecule has 0 atom stereocenters. The van der Waals surface area contributed by atoms with Gasteiger partial charge >= 0.3 is 0 Å². The third-order valence-corrected chi connectivity index (χ3v) is 2.74. The van der Waals surface area contributed by atoms with Crippen molar-refractivity contribution < 1.29 is 14.3 Å². The molecule has 1 amide bonds. The molecule has 0 spiro atoms. The van der Waals surface area contributed by atoms with Crippen LogP contribution in [0, 0.1) is 0 Å². The molecule has 20 heavy (non-hydrogen) atoms. The van der Waals surface area contributed by atoms with Gasteiger partial charge in [0, 0.05) is 23.2 Å². The monoisotopic (exact) mass is 298 g/mol. The van der Waals surface area contributed by atoms with Crippen LogP contribution in [0.4, 0.5) is 0 Å². The van der Waals surface area contributed by atoms with E-state index in [9.17, 15) is 4.79 Å². The lowest BCUT2D eigenvalue weighted by molar-refractivity contribution is -0.122. The highest BCUT2D eigenvalue weighted by Crippen LogP contribution is 2.34. The van der Waals surface area contributed by atoms with Gasteiger partial charge in [0.2, 0.25) is 0 Å². The maximum Gasteiger partial charge on any atom is 0.258 e. The lowest BCUT2D eigenvalue weighted by Crippen LogP contribution is -2.29. The molecule has 0 aromatic heterocycles. The van der Waals surface area contributed by atoms with E-state index in [4.69, 9.17) is 26.8 Å². The van der Waals surface area contributed by atoms with E-state index in [0.717, 1.165) is 5.56 Å². The molecular formula is C14H19ClN2O3. The van der Waals surface area contributed by atoms with Crippen LogP contribution in [0.2, 0.25) is 5.02 Å². The molecule has 1 aromatic carbocycles. The molecule has 6 heteroatoms. The highest BCUT2D eigenvalue weighted by Gasteiger charge is 2.14. The highest BCUT2D eigenvalue weighted by atomic mass is 35.5. The molecule has 1 aromatic rings. The van der Waals surface area contributed by atoms with Crippen molar-refractivity contribution in [2.45, 2.75) is 6.42 Å². The van der Waals surface area contributed by atoms with Gasteiger partial charge in [-0.15, -0.1) is 6.58 Å². The Morgan fingerprint density at radius 1 is 1.55 bits per heavy atom. The zero-order valence-corrected chi connectivity index (χ0v) is 12.2. The summed E-state index contributed by atoms with van der Waals surface area (Å²) >= 11 is 6.00. The Bertz CT molecular complexity index is 478. The Balaban J connectivity index is 2.85. The van der Waals surface area contributed by atoms with Crippen LogP contribution in [-0.4, -0.2) is 32.7 Å². The fraction of sp³-hybridized carbons (Fsp3) is 0.357. The second-order valence-corrected chi connectivity index (χ2v) is 4.45. The number of halogens is 1. The number of benzene rings is 1. The molecule has 1 rings (SSSR count). The SMILES string of the molecule is C=CCNC(=O)COc1c(CCN)cc(Cl)cc1OC. The summed E-state index contributed by atoms with van der Waals surface area (Å²) in [5.74, 6) is 0.745. The molecule has 0 aliphatic heterocycles. The number of methoxy groups -OCH3 is 1. The standard InChI is InChI=1S/C14H19ClN2O3/c1-3-6-17-13(18)9-20-14-10(4-5-16)7-11(15)8-12(14)19-2/h3,7-8H,1,4-6,9,16H2,2H3,(H,17,18). The summed E-state index contributed by atoms with van der Waals surface area (Å²) in [6.07, 6.45) is 2.18. The van der Waals surface area contributed by atoms with E-state index in [1.807, 2.05) is 0 Å². The predicted octanol–water partition coefficient (Wildman–Crippen LogP) is 1.53. The van der Waals surface area contributed by atoms with Crippen LogP contribution in [0.25, 0.3) is 0 Å². The maximum atomic E-state index is 11.5. The topological polar surface area (TPSA) is 73.6 Å². The minimum atomic E-state index is -0.236. The average Bonchev–Trinajstić information content (AvgIpc) is 2.43. The largest absolute Gasteiger partial charge is 0.493 e. The van der Waals surface area contributed by atoms with Crippen LogP contribution in [0.1, 0.15) is 5.56 Å². The van der Waals surface area contributed by atoms with Crippen molar-refractivity contribution in [1.82, 2.24) is 5.32 Å². The maximum absolute atomic E-state index is 11.5. The third kappa shape index (κ3) is 4.75. The number of nitrogens with two attached hydrogens (primary N) is 1. The molecule has 0 radical (unpaired) electrons. The lowest BCUT2D eigenvalue weighted by atomic mass is 10.1. The normalized spacial score (nSPS) is 9.95. The molecule has 0 unspecified atom stereocenters. The molecule has 0 heterocycles. The van der Waals surface area contributed by atoms with Crippen molar-refractivity contribution in [2.75, 3.05) is 26.8 Å². The summed E-state index contributed by atoms with van der Waals surface area (Å²) < 4.78 is 10.8. The Morgan fingerprint density at radius 3 is 2.90 bits per heavy atom. The van der Waals surface area contributed by atoms with Gasteiger partial charge in [0.25, 0.3) is 5.91 Å². The van der Waals surface area contributed by atoms with Gasteiger partial charge in [-0.3, -0.25) is 4.79 Å². The van der Waals surface area contributed by atoms with Gasteiger partial charge in [0.15, 0.2) is 18.1 Å². The molecule has 0 saturated heterocycles. The lowest BCUT2D eigenvalue weighted by Gasteiger charge is -2.15. The number of nitrogens with one attached hydrogen (secondary N) is 1. The van der Waals surface area contributed by atoms with E-state index >= 15 is 0 Å². The van der Waals surface area contributed by atoms with Crippen LogP contribution < -0.4 is 20.5 Å². The number of carbonyl (C=O) groups is 1. The first kappa shape index (κ1) is 16.3. The summed E-state index contributed by atoms with van der Waals surface area (Å²) in [4.78, 5) is 11.5. The van der Waals surface area contributed by atoms with Gasteiger partial charge in [-0.2, -0.15) is 0 Å². The Morgan fingerprint density at radius 2 is 2.30 bits per heavy atom. The van der Waals surface area contributed by atoms with Crippen LogP contribution in [0.3, 0.4) is 0 Å². The average molecular weight is 299 g/mol. The summed E-state index contributed by atoms with van der Waals surface area (Å²) in [6.45, 7) is 4.26. The number of hydrogen-bond donors (Lipinski definition) is 2. The molecule has 3 N–H and O–H groups in total. The van der Waals surface area contributed by atoms with Gasteiger partial charge in [-0.05, 0) is 19.0 Å². The summed E-state index contributed by atoms with van der Waals surface area (Å²) in [5, 5.41) is 3.17. The fourth-order valence-electron chi connectivity index (χ4n) is 1.65. The van der Waals surface area contributed by atoms with Crippen molar-refractivity contribution >= 4 is 17.5 Å². The Hall–Kier alpha value is -1.72. The summed E-state index contributed by atoms with van der Waals surface area (Å²) in [5.41, 5.74) is 6.38. The number of rotatable bonds is 8. The molecule has 5 nitrogen and oxygen atoms in total. The first-order valence-corrected chi connectivity index (χ1v) is 6.57. The van der Waals surface area contributed by atoms with Gasteiger partial charge in [-0.1, -0.05) is 17.7 Å². The summed E-state index contributed by atoms with van der Waals surface area (Å²) in [7, 11) is 1.52. The third-order valence-electron chi connectivity index (χ3n) is 2.52. The van der Waals surface area contributed by atoms with Crippen molar-refractivity contribution in [3.05, 3.63) is 35.4 Å². The van der Waals surface area contributed by atoms with Gasteiger partial charge in [0.05, 0.1) is 7.11 Å². The van der Waals surface area contributed by atoms with Crippen molar-refractivity contribution in [3.63, 3.8) is 0 Å². The van der Waals surface area contributed by atoms with Crippen molar-refractivity contribution in [3.8, 4) is 11.5 Å². The Labute approximate surface area is 123 Å². The zero-order valence-electron chi connectivity index (χ0n) is 11.4. The van der Waals surface area contributed by atoms with Crippen molar-refractivity contribution in [2.24, 2.45) is 5.73 Å². The molecule has 110 valence electrons. The number of hydrogen-bond acceptors (Lipinski definition) is 4. The first-order valence-electron chi connectivity index (χ1n) is 6.19. The fourth-order valence-corrected chi connectivity index (χ4v) is 1.88. The van der Waals surface area contributed by atoms with E-state index in [2.05, 4.69) is 11.9 Å².